The smallest absolute Gasteiger partial charge is 0.0175 e. The van der Waals surface area contributed by atoms with Crippen molar-refractivity contribution in [1.29, 1.82) is 0 Å². The third-order valence-corrected chi connectivity index (χ3v) is 3.53. The number of hydrogen-bond acceptors (Lipinski definition) is 2. The molecule has 0 fully saturated rings. The van der Waals surface area contributed by atoms with Crippen LogP contribution in [0.15, 0.2) is 28.7 Å². The molecule has 1 aromatic rings. The Balaban J connectivity index is 2.42. The normalized spacial score (nSPS) is 11.8. The number of nitrogens with one attached hydrogen (secondary N) is 1. The second-order valence-electron chi connectivity index (χ2n) is 5.06. The van der Waals surface area contributed by atoms with Gasteiger partial charge in [-0.2, -0.15) is 0 Å². The minimum Gasteiger partial charge on any atom is -0.330 e. The van der Waals surface area contributed by atoms with E-state index < -0.39 is 0 Å². The van der Waals surface area contributed by atoms with Crippen LogP contribution in [0, 0.1) is 0 Å². The van der Waals surface area contributed by atoms with Crippen LogP contribution in [0.3, 0.4) is 0 Å². The summed E-state index contributed by atoms with van der Waals surface area (Å²) in [5.41, 5.74) is 7.01. The predicted octanol–water partition coefficient (Wildman–Crippen LogP) is 3.06. The largest absolute Gasteiger partial charge is 0.330 e. The fourth-order valence-electron chi connectivity index (χ4n) is 1.80. The summed E-state index contributed by atoms with van der Waals surface area (Å²) in [6, 6.07) is 8.58. The lowest BCUT2D eigenvalue weighted by molar-refractivity contribution is 0.464. The third kappa shape index (κ3) is 5.19. The first kappa shape index (κ1) is 14.7. The highest BCUT2D eigenvalue weighted by molar-refractivity contribution is 9.10. The van der Waals surface area contributed by atoms with Gasteiger partial charge in [0.05, 0.1) is 0 Å². The van der Waals surface area contributed by atoms with Crippen LogP contribution in [-0.2, 0) is 5.41 Å². The molecule has 0 saturated carbocycles. The second-order valence-corrected chi connectivity index (χ2v) is 5.98. The van der Waals surface area contributed by atoms with Crippen LogP contribution in [0.25, 0.3) is 0 Å². The molecule has 96 valence electrons. The van der Waals surface area contributed by atoms with Gasteiger partial charge in [-0.05, 0) is 43.6 Å². The zero-order chi connectivity index (χ0) is 12.7. The lowest BCUT2D eigenvalue weighted by Crippen LogP contribution is -2.33. The Morgan fingerprint density at radius 3 is 2.41 bits per heavy atom. The van der Waals surface area contributed by atoms with Gasteiger partial charge in [-0.15, -0.1) is 0 Å². The maximum Gasteiger partial charge on any atom is 0.0175 e. The summed E-state index contributed by atoms with van der Waals surface area (Å²) in [4.78, 5) is 0. The number of hydrogen-bond donors (Lipinski definition) is 2. The van der Waals surface area contributed by atoms with Gasteiger partial charge in [0.25, 0.3) is 0 Å². The van der Waals surface area contributed by atoms with Crippen LogP contribution in [0.2, 0.25) is 0 Å². The summed E-state index contributed by atoms with van der Waals surface area (Å²) >= 11 is 3.47. The van der Waals surface area contributed by atoms with Crippen molar-refractivity contribution in [2.24, 2.45) is 5.73 Å². The van der Waals surface area contributed by atoms with Crippen molar-refractivity contribution in [1.82, 2.24) is 5.32 Å². The Labute approximate surface area is 113 Å². The van der Waals surface area contributed by atoms with Crippen LogP contribution in [0.1, 0.15) is 32.3 Å². The number of halogens is 1. The number of unbranched alkanes of at least 4 members (excludes halogenated alkanes) is 1. The minimum absolute atomic E-state index is 0.170. The van der Waals surface area contributed by atoms with Crippen molar-refractivity contribution >= 4 is 15.9 Å². The summed E-state index contributed by atoms with van der Waals surface area (Å²) in [6.45, 7) is 7.38. The molecule has 3 N–H and O–H groups in total. The molecule has 0 amide bonds. The topological polar surface area (TPSA) is 38.0 Å². The van der Waals surface area contributed by atoms with E-state index in [9.17, 15) is 0 Å². The van der Waals surface area contributed by atoms with Crippen LogP contribution in [-0.4, -0.2) is 19.6 Å². The van der Waals surface area contributed by atoms with Gasteiger partial charge in [0.2, 0.25) is 0 Å². The van der Waals surface area contributed by atoms with E-state index in [4.69, 9.17) is 5.73 Å². The molecule has 1 rings (SSSR count). The molecule has 0 heterocycles. The fraction of sp³-hybridized carbons (Fsp3) is 0.571. The first-order chi connectivity index (χ1) is 8.06. The Morgan fingerprint density at radius 2 is 1.82 bits per heavy atom. The van der Waals surface area contributed by atoms with Crippen molar-refractivity contribution < 1.29 is 0 Å². The Kier molecular flexibility index (Phi) is 6.17. The molecule has 2 nitrogen and oxygen atoms in total. The van der Waals surface area contributed by atoms with E-state index in [0.29, 0.717) is 0 Å². The van der Waals surface area contributed by atoms with Gasteiger partial charge in [-0.1, -0.05) is 41.9 Å². The third-order valence-electron chi connectivity index (χ3n) is 3.00. The summed E-state index contributed by atoms with van der Waals surface area (Å²) in [5.74, 6) is 0. The lowest BCUT2D eigenvalue weighted by Gasteiger charge is -2.26. The first-order valence-corrected chi connectivity index (χ1v) is 7.02. The maximum absolute atomic E-state index is 5.47. The molecule has 17 heavy (non-hydrogen) atoms. The summed E-state index contributed by atoms with van der Waals surface area (Å²) in [7, 11) is 0. The van der Waals surface area contributed by atoms with E-state index in [2.05, 4.69) is 59.4 Å². The van der Waals surface area contributed by atoms with Gasteiger partial charge in [0.1, 0.15) is 0 Å². The molecule has 1 aromatic carbocycles. The van der Waals surface area contributed by atoms with E-state index >= 15 is 0 Å². The van der Waals surface area contributed by atoms with Crippen LogP contribution < -0.4 is 11.1 Å². The van der Waals surface area contributed by atoms with Crippen molar-refractivity contribution in [3.63, 3.8) is 0 Å². The van der Waals surface area contributed by atoms with Gasteiger partial charge in [-0.3, -0.25) is 0 Å². The van der Waals surface area contributed by atoms with Crippen LogP contribution in [0.5, 0.6) is 0 Å². The molecule has 0 aromatic heterocycles. The Morgan fingerprint density at radius 1 is 1.18 bits per heavy atom. The molecule has 0 unspecified atom stereocenters. The average Bonchev–Trinajstić information content (AvgIpc) is 2.29. The molecule has 0 spiro atoms. The van der Waals surface area contributed by atoms with E-state index in [-0.39, 0.29) is 5.41 Å². The van der Waals surface area contributed by atoms with E-state index in [1.54, 1.807) is 0 Å². The molecule has 0 aliphatic carbocycles. The number of benzene rings is 1. The second kappa shape index (κ2) is 7.14. The van der Waals surface area contributed by atoms with E-state index in [0.717, 1.165) is 36.9 Å². The van der Waals surface area contributed by atoms with Crippen molar-refractivity contribution in [2.45, 2.75) is 32.1 Å². The van der Waals surface area contributed by atoms with Gasteiger partial charge in [-0.25, -0.2) is 0 Å². The molecule has 0 bridgehead atoms. The molecule has 3 heteroatoms. The predicted molar refractivity (Wildman–Crippen MR) is 78.3 cm³/mol. The zero-order valence-electron chi connectivity index (χ0n) is 10.8. The average molecular weight is 299 g/mol. The fourth-order valence-corrected chi connectivity index (χ4v) is 2.06. The highest BCUT2D eigenvalue weighted by Gasteiger charge is 2.19. The summed E-state index contributed by atoms with van der Waals surface area (Å²) in [5, 5.41) is 3.51. The summed E-state index contributed by atoms with van der Waals surface area (Å²) < 4.78 is 1.13. The lowest BCUT2D eigenvalue weighted by atomic mass is 9.84. The molecule has 0 radical (unpaired) electrons. The molecule has 0 aliphatic rings. The molecular formula is C14H23BrN2. The molecule has 0 saturated heterocycles. The highest BCUT2D eigenvalue weighted by atomic mass is 79.9. The Bertz CT molecular complexity index is 319. The van der Waals surface area contributed by atoms with Gasteiger partial charge in [0, 0.05) is 16.4 Å². The molecular weight excluding hydrogens is 276 g/mol. The number of nitrogens with two attached hydrogens (primary N) is 1. The zero-order valence-corrected chi connectivity index (χ0v) is 12.4. The van der Waals surface area contributed by atoms with Crippen molar-refractivity contribution in [3.8, 4) is 0 Å². The van der Waals surface area contributed by atoms with Crippen molar-refractivity contribution in [3.05, 3.63) is 34.3 Å². The van der Waals surface area contributed by atoms with E-state index in [1.807, 2.05) is 0 Å². The monoisotopic (exact) mass is 298 g/mol. The SMILES string of the molecule is CC(C)(CNCCCCN)c1ccc(Br)cc1. The van der Waals surface area contributed by atoms with Gasteiger partial charge in [0.15, 0.2) is 0 Å². The molecule has 0 atom stereocenters. The maximum atomic E-state index is 5.47. The van der Waals surface area contributed by atoms with Crippen molar-refractivity contribution in [2.75, 3.05) is 19.6 Å². The quantitative estimate of drug-likeness (QED) is 0.759. The molecule has 0 aliphatic heterocycles. The first-order valence-electron chi connectivity index (χ1n) is 6.23. The minimum atomic E-state index is 0.170. The van der Waals surface area contributed by atoms with Gasteiger partial charge < -0.3 is 11.1 Å². The van der Waals surface area contributed by atoms with Crippen LogP contribution in [0.4, 0.5) is 0 Å². The van der Waals surface area contributed by atoms with E-state index in [1.165, 1.54) is 5.56 Å². The van der Waals surface area contributed by atoms with Crippen LogP contribution >= 0.6 is 15.9 Å². The summed E-state index contributed by atoms with van der Waals surface area (Å²) in [6.07, 6.45) is 2.26. The standard InChI is InChI=1S/C14H23BrN2/c1-14(2,11-17-10-4-3-9-16)12-5-7-13(15)8-6-12/h5-8,17H,3-4,9-11,16H2,1-2H3. The highest BCUT2D eigenvalue weighted by Crippen LogP contribution is 2.23. The van der Waals surface area contributed by atoms with Gasteiger partial charge >= 0.3 is 0 Å². The number of rotatable bonds is 7. The Hall–Kier alpha value is -0.380.